The van der Waals surface area contributed by atoms with Gasteiger partial charge in [0.15, 0.2) is 0 Å². The Morgan fingerprint density at radius 1 is 0.889 bits per heavy atom. The lowest BCUT2D eigenvalue weighted by Crippen LogP contribution is -2.01. The Bertz CT molecular complexity index is 534. The van der Waals surface area contributed by atoms with Gasteiger partial charge in [0.05, 0.1) is 5.88 Å². The van der Waals surface area contributed by atoms with Crippen molar-refractivity contribution in [2.45, 2.75) is 26.3 Å². The van der Waals surface area contributed by atoms with Crippen LogP contribution in [0.1, 0.15) is 22.3 Å². The monoisotopic (exact) mass is 260 g/mol. The largest absolute Gasteiger partial charge is 0.488 e. The third kappa shape index (κ3) is 2.85. The lowest BCUT2D eigenvalue weighted by molar-refractivity contribution is 0.301. The number of ether oxygens (including phenoxy) is 1. The van der Waals surface area contributed by atoms with Crippen molar-refractivity contribution in [2.24, 2.45) is 0 Å². The van der Waals surface area contributed by atoms with E-state index in [0.29, 0.717) is 12.5 Å². The van der Waals surface area contributed by atoms with Crippen LogP contribution in [0.4, 0.5) is 0 Å². The average molecular weight is 261 g/mol. The van der Waals surface area contributed by atoms with Gasteiger partial charge in [-0.3, -0.25) is 0 Å². The number of halogens is 1. The second-order valence-corrected chi connectivity index (χ2v) is 4.68. The van der Waals surface area contributed by atoms with Crippen LogP contribution < -0.4 is 4.74 Å². The normalized spacial score (nSPS) is 10.4. The molecule has 2 heteroatoms. The molecule has 0 heterocycles. The average Bonchev–Trinajstić information content (AvgIpc) is 2.39. The summed E-state index contributed by atoms with van der Waals surface area (Å²) in [6.07, 6.45) is 0. The zero-order valence-electron chi connectivity index (χ0n) is 10.7. The van der Waals surface area contributed by atoms with Crippen LogP contribution in [0, 0.1) is 13.8 Å². The summed E-state index contributed by atoms with van der Waals surface area (Å²) in [6.45, 7) is 4.73. The van der Waals surface area contributed by atoms with Gasteiger partial charge in [0.2, 0.25) is 0 Å². The van der Waals surface area contributed by atoms with Gasteiger partial charge in [0.25, 0.3) is 0 Å². The Balaban J connectivity index is 2.18. The molecule has 0 amide bonds. The molecule has 0 N–H and O–H groups in total. The number of para-hydroxylation sites is 1. The topological polar surface area (TPSA) is 9.23 Å². The van der Waals surface area contributed by atoms with Crippen molar-refractivity contribution in [3.63, 3.8) is 0 Å². The first kappa shape index (κ1) is 13.0. The summed E-state index contributed by atoms with van der Waals surface area (Å²) >= 11 is 5.94. The van der Waals surface area contributed by atoms with Crippen molar-refractivity contribution in [1.29, 1.82) is 0 Å². The molecule has 0 fully saturated rings. The Labute approximate surface area is 113 Å². The first-order valence-corrected chi connectivity index (χ1v) is 6.57. The maximum absolute atomic E-state index is 5.94. The fraction of sp³-hybridized carbons (Fsp3) is 0.250. The summed E-state index contributed by atoms with van der Waals surface area (Å²) in [4.78, 5) is 0. The van der Waals surface area contributed by atoms with E-state index in [4.69, 9.17) is 16.3 Å². The zero-order valence-corrected chi connectivity index (χ0v) is 11.5. The molecule has 0 atom stereocenters. The van der Waals surface area contributed by atoms with E-state index in [1.54, 1.807) is 0 Å². The molecule has 2 aromatic carbocycles. The second-order valence-electron chi connectivity index (χ2n) is 4.41. The van der Waals surface area contributed by atoms with Crippen LogP contribution in [0.3, 0.4) is 0 Å². The molecule has 0 spiro atoms. The van der Waals surface area contributed by atoms with Crippen LogP contribution in [0.5, 0.6) is 5.75 Å². The third-order valence-electron chi connectivity index (χ3n) is 3.07. The van der Waals surface area contributed by atoms with E-state index in [1.165, 1.54) is 11.1 Å². The molecular formula is C16H17ClO. The molecular weight excluding hydrogens is 244 g/mol. The van der Waals surface area contributed by atoms with Crippen LogP contribution in [-0.2, 0) is 12.5 Å². The molecule has 18 heavy (non-hydrogen) atoms. The highest BCUT2D eigenvalue weighted by Crippen LogP contribution is 2.26. The Morgan fingerprint density at radius 2 is 1.56 bits per heavy atom. The maximum Gasteiger partial charge on any atom is 0.127 e. The Hall–Kier alpha value is -1.47. The predicted molar refractivity (Wildman–Crippen MR) is 76.2 cm³/mol. The molecule has 0 aromatic heterocycles. The summed E-state index contributed by atoms with van der Waals surface area (Å²) in [5, 5.41) is 0. The van der Waals surface area contributed by atoms with Crippen molar-refractivity contribution < 1.29 is 4.74 Å². The van der Waals surface area contributed by atoms with Gasteiger partial charge in [-0.25, -0.2) is 0 Å². The van der Waals surface area contributed by atoms with Crippen molar-refractivity contribution >= 4 is 11.6 Å². The van der Waals surface area contributed by atoms with Gasteiger partial charge < -0.3 is 4.74 Å². The fourth-order valence-electron chi connectivity index (χ4n) is 1.95. The SMILES string of the molecule is Cc1ccccc1COc1c(C)cccc1CCl. The van der Waals surface area contributed by atoms with Gasteiger partial charge in [0, 0.05) is 5.56 Å². The summed E-state index contributed by atoms with van der Waals surface area (Å²) in [7, 11) is 0. The van der Waals surface area contributed by atoms with Gasteiger partial charge in [-0.15, -0.1) is 11.6 Å². The first-order valence-electron chi connectivity index (χ1n) is 6.04. The molecule has 94 valence electrons. The Kier molecular flexibility index (Phi) is 4.27. The molecule has 0 saturated heterocycles. The number of aryl methyl sites for hydroxylation is 2. The van der Waals surface area contributed by atoms with E-state index in [1.807, 2.05) is 37.3 Å². The molecule has 0 radical (unpaired) electrons. The van der Waals surface area contributed by atoms with Gasteiger partial charge in [-0.05, 0) is 30.5 Å². The van der Waals surface area contributed by atoms with Gasteiger partial charge in [-0.1, -0.05) is 42.5 Å². The standard InChI is InChI=1S/C16H17ClO/c1-12-6-3-4-8-15(12)11-18-16-13(2)7-5-9-14(16)10-17/h3-9H,10-11H2,1-2H3. The highest BCUT2D eigenvalue weighted by atomic mass is 35.5. The van der Waals surface area contributed by atoms with Crippen LogP contribution in [0.2, 0.25) is 0 Å². The highest BCUT2D eigenvalue weighted by molar-refractivity contribution is 6.17. The molecule has 0 aliphatic rings. The summed E-state index contributed by atoms with van der Waals surface area (Å²) in [6, 6.07) is 14.3. The smallest absolute Gasteiger partial charge is 0.127 e. The third-order valence-corrected chi connectivity index (χ3v) is 3.36. The van der Waals surface area contributed by atoms with Crippen molar-refractivity contribution in [3.05, 3.63) is 64.7 Å². The lowest BCUT2D eigenvalue weighted by Gasteiger charge is -2.13. The molecule has 2 rings (SSSR count). The number of hydrogen-bond donors (Lipinski definition) is 0. The summed E-state index contributed by atoms with van der Waals surface area (Å²) in [5.41, 5.74) is 4.63. The van der Waals surface area contributed by atoms with Gasteiger partial charge in [0.1, 0.15) is 12.4 Å². The summed E-state index contributed by atoms with van der Waals surface area (Å²) < 4.78 is 5.94. The van der Waals surface area contributed by atoms with E-state index in [2.05, 4.69) is 19.1 Å². The minimum absolute atomic E-state index is 0.477. The molecule has 0 saturated carbocycles. The van der Waals surface area contributed by atoms with Crippen molar-refractivity contribution in [3.8, 4) is 5.75 Å². The highest BCUT2D eigenvalue weighted by Gasteiger charge is 2.07. The van der Waals surface area contributed by atoms with Gasteiger partial charge >= 0.3 is 0 Å². The van der Waals surface area contributed by atoms with E-state index in [9.17, 15) is 0 Å². The minimum atomic E-state index is 0.477. The van der Waals surface area contributed by atoms with E-state index in [-0.39, 0.29) is 0 Å². The molecule has 0 bridgehead atoms. The molecule has 1 nitrogen and oxygen atoms in total. The van der Waals surface area contributed by atoms with Crippen LogP contribution >= 0.6 is 11.6 Å². The number of rotatable bonds is 4. The molecule has 2 aromatic rings. The molecule has 0 unspecified atom stereocenters. The zero-order chi connectivity index (χ0) is 13.0. The van der Waals surface area contributed by atoms with Crippen LogP contribution in [0.25, 0.3) is 0 Å². The Morgan fingerprint density at radius 3 is 2.28 bits per heavy atom. The predicted octanol–water partition coefficient (Wildman–Crippen LogP) is 4.62. The molecule has 0 aliphatic carbocycles. The van der Waals surface area contributed by atoms with Crippen LogP contribution in [0.15, 0.2) is 42.5 Å². The minimum Gasteiger partial charge on any atom is -0.488 e. The first-order chi connectivity index (χ1) is 8.72. The van der Waals surface area contributed by atoms with Crippen molar-refractivity contribution in [1.82, 2.24) is 0 Å². The number of alkyl halides is 1. The quantitative estimate of drug-likeness (QED) is 0.729. The van der Waals surface area contributed by atoms with Crippen molar-refractivity contribution in [2.75, 3.05) is 0 Å². The van der Waals surface area contributed by atoms with Crippen LogP contribution in [-0.4, -0.2) is 0 Å². The fourth-order valence-corrected chi connectivity index (χ4v) is 2.16. The van der Waals surface area contributed by atoms with E-state index >= 15 is 0 Å². The van der Waals surface area contributed by atoms with E-state index in [0.717, 1.165) is 16.9 Å². The summed E-state index contributed by atoms with van der Waals surface area (Å²) in [5.74, 6) is 1.39. The second kappa shape index (κ2) is 5.92. The van der Waals surface area contributed by atoms with Gasteiger partial charge in [-0.2, -0.15) is 0 Å². The lowest BCUT2D eigenvalue weighted by atomic mass is 10.1. The maximum atomic E-state index is 5.94. The molecule has 0 aliphatic heterocycles. The number of hydrogen-bond acceptors (Lipinski definition) is 1. The number of benzene rings is 2. The van der Waals surface area contributed by atoms with E-state index < -0.39 is 0 Å².